The van der Waals surface area contributed by atoms with Crippen LogP contribution < -0.4 is 5.32 Å². The van der Waals surface area contributed by atoms with Gasteiger partial charge in [-0.2, -0.15) is 0 Å². The highest BCUT2D eigenvalue weighted by molar-refractivity contribution is 5.81. The van der Waals surface area contributed by atoms with E-state index in [9.17, 15) is 4.79 Å². The van der Waals surface area contributed by atoms with E-state index < -0.39 is 0 Å². The number of rotatable bonds is 7. The number of nitrogens with one attached hydrogen (secondary N) is 2. The van der Waals surface area contributed by atoms with Gasteiger partial charge >= 0.3 is 0 Å². The van der Waals surface area contributed by atoms with Crippen LogP contribution in [-0.2, 0) is 24.2 Å². The van der Waals surface area contributed by atoms with E-state index in [1.807, 2.05) is 37.5 Å². The zero-order valence-corrected chi connectivity index (χ0v) is 14.2. The fourth-order valence-corrected chi connectivity index (χ4v) is 2.88. The molecule has 0 saturated carbocycles. The molecule has 2 aromatic heterocycles. The molecule has 0 bridgehead atoms. The highest BCUT2D eigenvalue weighted by Gasteiger charge is 2.06. The highest BCUT2D eigenvalue weighted by atomic mass is 16.1. The van der Waals surface area contributed by atoms with Gasteiger partial charge in [0.05, 0.1) is 17.5 Å². The third kappa shape index (κ3) is 3.82. The van der Waals surface area contributed by atoms with Crippen molar-refractivity contribution < 1.29 is 4.79 Å². The third-order valence-electron chi connectivity index (χ3n) is 4.05. The van der Waals surface area contributed by atoms with Crippen molar-refractivity contribution in [3.8, 4) is 0 Å². The fourth-order valence-electron chi connectivity index (χ4n) is 2.88. The number of fused-ring (bicyclic) bond motifs is 1. The predicted octanol–water partition coefficient (Wildman–Crippen LogP) is 2.38. The van der Waals surface area contributed by atoms with E-state index >= 15 is 0 Å². The van der Waals surface area contributed by atoms with E-state index in [1.54, 1.807) is 0 Å². The number of hydrogen-bond acceptors (Lipinski definition) is 3. The number of hydrogen-bond donors (Lipinski definition) is 2. The van der Waals surface area contributed by atoms with Gasteiger partial charge in [0, 0.05) is 31.9 Å². The molecule has 6 nitrogen and oxygen atoms in total. The van der Waals surface area contributed by atoms with Crippen molar-refractivity contribution in [2.75, 3.05) is 6.54 Å². The van der Waals surface area contributed by atoms with Crippen LogP contribution in [-0.4, -0.2) is 32.0 Å². The third-order valence-corrected chi connectivity index (χ3v) is 4.05. The normalized spacial score (nSPS) is 11.1. The molecule has 6 heteroatoms. The molecule has 3 aromatic rings. The Morgan fingerprint density at radius 1 is 1.38 bits per heavy atom. The maximum absolute atomic E-state index is 12.1. The summed E-state index contributed by atoms with van der Waals surface area (Å²) < 4.78 is 2.14. The number of carbonyl (C=O) groups excluding carboxylic acids is 1. The van der Waals surface area contributed by atoms with Crippen molar-refractivity contribution in [2.45, 2.75) is 39.7 Å². The van der Waals surface area contributed by atoms with Crippen molar-refractivity contribution in [2.24, 2.45) is 0 Å². The standard InChI is InChI=1S/C18H23N5O/c1-3-17-19-8-10-23(17)9-4-7-20-18(24)12-14-5-6-15-16(11-14)22-13(2)21-15/h5-6,8,10-11H,3-4,7,9,12H2,1-2H3,(H,20,24)(H,21,22). The quantitative estimate of drug-likeness (QED) is 0.655. The molecule has 2 N–H and O–H groups in total. The first-order valence-electron chi connectivity index (χ1n) is 8.37. The number of aromatic nitrogens is 4. The number of nitrogens with zero attached hydrogens (tertiary/aromatic N) is 3. The Morgan fingerprint density at radius 2 is 2.25 bits per heavy atom. The van der Waals surface area contributed by atoms with Gasteiger partial charge in [0.1, 0.15) is 11.6 Å². The summed E-state index contributed by atoms with van der Waals surface area (Å²) in [4.78, 5) is 23.9. The SMILES string of the molecule is CCc1nccn1CCCNC(=O)Cc1ccc2nc(C)[nH]c2c1. The lowest BCUT2D eigenvalue weighted by Crippen LogP contribution is -2.26. The van der Waals surface area contributed by atoms with Gasteiger partial charge in [0.25, 0.3) is 0 Å². The van der Waals surface area contributed by atoms with Crippen LogP contribution >= 0.6 is 0 Å². The average Bonchev–Trinajstić information content (AvgIpc) is 3.16. The zero-order chi connectivity index (χ0) is 16.9. The number of aryl methyl sites for hydroxylation is 3. The molecule has 126 valence electrons. The van der Waals surface area contributed by atoms with Gasteiger partial charge in [-0.05, 0) is 31.0 Å². The molecule has 1 aromatic carbocycles. The monoisotopic (exact) mass is 325 g/mol. The van der Waals surface area contributed by atoms with Crippen molar-refractivity contribution >= 4 is 16.9 Å². The minimum Gasteiger partial charge on any atom is -0.356 e. The summed E-state index contributed by atoms with van der Waals surface area (Å²) in [5.41, 5.74) is 2.90. The lowest BCUT2D eigenvalue weighted by Gasteiger charge is -2.08. The van der Waals surface area contributed by atoms with Crippen LogP contribution in [0.3, 0.4) is 0 Å². The van der Waals surface area contributed by atoms with E-state index in [0.29, 0.717) is 13.0 Å². The van der Waals surface area contributed by atoms with Crippen LogP contribution in [0.2, 0.25) is 0 Å². The Balaban J connectivity index is 1.46. The number of aromatic amines is 1. The van der Waals surface area contributed by atoms with E-state index in [0.717, 1.165) is 47.6 Å². The molecule has 1 amide bonds. The molecule has 0 atom stereocenters. The molecule has 3 rings (SSSR count). The topological polar surface area (TPSA) is 75.6 Å². The summed E-state index contributed by atoms with van der Waals surface area (Å²) in [6, 6.07) is 5.90. The molecule has 24 heavy (non-hydrogen) atoms. The average molecular weight is 325 g/mol. The van der Waals surface area contributed by atoms with Gasteiger partial charge in [0.2, 0.25) is 5.91 Å². The van der Waals surface area contributed by atoms with Crippen molar-refractivity contribution in [1.82, 2.24) is 24.8 Å². The van der Waals surface area contributed by atoms with Crippen LogP contribution in [0.5, 0.6) is 0 Å². The predicted molar refractivity (Wildman–Crippen MR) is 93.8 cm³/mol. The van der Waals surface area contributed by atoms with Gasteiger partial charge in [-0.3, -0.25) is 4.79 Å². The Labute approximate surface area is 141 Å². The van der Waals surface area contributed by atoms with Crippen molar-refractivity contribution in [3.05, 3.63) is 47.8 Å². The van der Waals surface area contributed by atoms with Gasteiger partial charge in [-0.1, -0.05) is 13.0 Å². The maximum atomic E-state index is 12.1. The van der Waals surface area contributed by atoms with Gasteiger partial charge in [0.15, 0.2) is 0 Å². The molecule has 0 radical (unpaired) electrons. The Bertz CT molecular complexity index is 833. The molecule has 0 aliphatic rings. The summed E-state index contributed by atoms with van der Waals surface area (Å²) >= 11 is 0. The van der Waals surface area contributed by atoms with Crippen LogP contribution in [0.4, 0.5) is 0 Å². The number of benzene rings is 1. The highest BCUT2D eigenvalue weighted by Crippen LogP contribution is 2.13. The molecular weight excluding hydrogens is 302 g/mol. The number of H-pyrrole nitrogens is 1. The second-order valence-electron chi connectivity index (χ2n) is 5.94. The van der Waals surface area contributed by atoms with Gasteiger partial charge in [-0.15, -0.1) is 0 Å². The number of imidazole rings is 2. The van der Waals surface area contributed by atoms with Crippen LogP contribution in [0.15, 0.2) is 30.6 Å². The zero-order valence-electron chi connectivity index (χ0n) is 14.2. The Morgan fingerprint density at radius 3 is 3.08 bits per heavy atom. The summed E-state index contributed by atoms with van der Waals surface area (Å²) in [6.45, 7) is 5.57. The lowest BCUT2D eigenvalue weighted by atomic mass is 10.1. The van der Waals surface area contributed by atoms with Crippen molar-refractivity contribution in [3.63, 3.8) is 0 Å². The van der Waals surface area contributed by atoms with E-state index in [-0.39, 0.29) is 5.91 Å². The summed E-state index contributed by atoms with van der Waals surface area (Å²) in [5.74, 6) is 2.02. The number of carbonyl (C=O) groups is 1. The molecule has 0 saturated heterocycles. The van der Waals surface area contributed by atoms with Crippen LogP contribution in [0.1, 0.15) is 30.6 Å². The van der Waals surface area contributed by atoms with Gasteiger partial charge in [-0.25, -0.2) is 9.97 Å². The summed E-state index contributed by atoms with van der Waals surface area (Å²) in [6.07, 6.45) is 6.02. The van der Waals surface area contributed by atoms with Crippen molar-refractivity contribution in [1.29, 1.82) is 0 Å². The van der Waals surface area contributed by atoms with E-state index in [2.05, 4.69) is 31.8 Å². The number of amides is 1. The molecule has 0 spiro atoms. The molecule has 0 fully saturated rings. The lowest BCUT2D eigenvalue weighted by molar-refractivity contribution is -0.120. The minimum absolute atomic E-state index is 0.0481. The first kappa shape index (κ1) is 16.2. The Kier molecular flexibility index (Phi) is 4.93. The van der Waals surface area contributed by atoms with Crippen LogP contribution in [0.25, 0.3) is 11.0 Å². The minimum atomic E-state index is 0.0481. The largest absolute Gasteiger partial charge is 0.356 e. The van der Waals surface area contributed by atoms with E-state index in [4.69, 9.17) is 0 Å². The van der Waals surface area contributed by atoms with E-state index in [1.165, 1.54) is 0 Å². The summed E-state index contributed by atoms with van der Waals surface area (Å²) in [7, 11) is 0. The second kappa shape index (κ2) is 7.29. The molecule has 0 aliphatic carbocycles. The molecule has 0 unspecified atom stereocenters. The maximum Gasteiger partial charge on any atom is 0.224 e. The molecular formula is C18H23N5O. The van der Waals surface area contributed by atoms with Gasteiger partial charge < -0.3 is 14.9 Å². The van der Waals surface area contributed by atoms with Crippen LogP contribution in [0, 0.1) is 6.92 Å². The fraction of sp³-hybridized carbons (Fsp3) is 0.389. The second-order valence-corrected chi connectivity index (χ2v) is 5.94. The first-order chi connectivity index (χ1) is 11.7. The summed E-state index contributed by atoms with van der Waals surface area (Å²) in [5, 5.41) is 2.99. The molecule has 2 heterocycles. The smallest absolute Gasteiger partial charge is 0.224 e. The Hall–Kier alpha value is -2.63. The first-order valence-corrected chi connectivity index (χ1v) is 8.37. The molecule has 0 aliphatic heterocycles.